The van der Waals surface area contributed by atoms with Gasteiger partial charge in [-0.05, 0) is 137 Å². The highest BCUT2D eigenvalue weighted by atomic mass is 15.2. The summed E-state index contributed by atoms with van der Waals surface area (Å²) in [5.41, 5.74) is 18.5. The van der Waals surface area contributed by atoms with Crippen molar-refractivity contribution >= 4 is 51.2 Å². The van der Waals surface area contributed by atoms with Crippen molar-refractivity contribution in [3.05, 3.63) is 247 Å². The van der Waals surface area contributed by atoms with Gasteiger partial charge in [0.25, 0.3) is 0 Å². The highest BCUT2D eigenvalue weighted by Crippen LogP contribution is 2.53. The smallest absolute Gasteiger partial charge is 0.0503 e. The molecule has 0 saturated carbocycles. The summed E-state index contributed by atoms with van der Waals surface area (Å²) in [5, 5.41) is 0. The largest absolute Gasteiger partial charge is 0.310 e. The predicted octanol–water partition coefficient (Wildman–Crippen LogP) is 16.4. The van der Waals surface area contributed by atoms with Gasteiger partial charge >= 0.3 is 0 Å². The van der Waals surface area contributed by atoms with E-state index in [0.29, 0.717) is 0 Å². The molecule has 9 aromatic carbocycles. The van der Waals surface area contributed by atoms with E-state index in [1.165, 1.54) is 33.4 Å². The van der Waals surface area contributed by atoms with Crippen LogP contribution in [0, 0.1) is 6.92 Å². The second-order valence-electron chi connectivity index (χ2n) is 16.3. The molecule has 10 rings (SSSR count). The fraction of sp³-hybridized carbons (Fsp3) is 0.0690. The van der Waals surface area contributed by atoms with Gasteiger partial charge in [0.2, 0.25) is 0 Å². The van der Waals surface area contributed by atoms with E-state index in [1.54, 1.807) is 0 Å². The van der Waals surface area contributed by atoms with Crippen LogP contribution < -0.4 is 14.7 Å². The molecule has 0 spiro atoms. The minimum Gasteiger partial charge on any atom is -0.310 e. The lowest BCUT2D eigenvalue weighted by molar-refractivity contribution is 0.660. The molecule has 3 heteroatoms. The summed E-state index contributed by atoms with van der Waals surface area (Å²) in [6.45, 7) is 6.98. The fourth-order valence-corrected chi connectivity index (χ4v) is 9.17. The third kappa shape index (κ3) is 7.04. The van der Waals surface area contributed by atoms with Crippen LogP contribution >= 0.6 is 0 Å². The zero-order valence-corrected chi connectivity index (χ0v) is 34.8. The number of anilines is 9. The molecular weight excluding hydrogens is 739 g/mol. The first-order valence-corrected chi connectivity index (χ1v) is 21.1. The molecule has 9 aromatic rings. The summed E-state index contributed by atoms with van der Waals surface area (Å²) >= 11 is 0. The molecule has 3 nitrogen and oxygen atoms in total. The molecule has 0 aliphatic heterocycles. The van der Waals surface area contributed by atoms with Crippen molar-refractivity contribution in [1.29, 1.82) is 0 Å². The number of aryl methyl sites for hydroxylation is 1. The van der Waals surface area contributed by atoms with Crippen LogP contribution in [-0.2, 0) is 5.41 Å². The van der Waals surface area contributed by atoms with Gasteiger partial charge in [-0.1, -0.05) is 153 Å². The van der Waals surface area contributed by atoms with Crippen molar-refractivity contribution < 1.29 is 0 Å². The zero-order chi connectivity index (χ0) is 41.3. The van der Waals surface area contributed by atoms with Crippen molar-refractivity contribution in [1.82, 2.24) is 0 Å². The first-order chi connectivity index (χ1) is 29.9. The van der Waals surface area contributed by atoms with Crippen LogP contribution in [0.15, 0.2) is 231 Å². The van der Waals surface area contributed by atoms with Gasteiger partial charge in [-0.15, -0.1) is 0 Å². The first-order valence-electron chi connectivity index (χ1n) is 21.1. The van der Waals surface area contributed by atoms with Crippen molar-refractivity contribution in [2.45, 2.75) is 26.2 Å². The number of benzene rings is 9. The lowest BCUT2D eigenvalue weighted by atomic mass is 9.82. The van der Waals surface area contributed by atoms with E-state index in [0.717, 1.165) is 56.7 Å². The maximum absolute atomic E-state index is 2.45. The molecule has 0 fully saturated rings. The third-order valence-corrected chi connectivity index (χ3v) is 12.1. The Balaban J connectivity index is 1.26. The van der Waals surface area contributed by atoms with Gasteiger partial charge in [0, 0.05) is 39.5 Å². The van der Waals surface area contributed by atoms with Gasteiger partial charge in [-0.25, -0.2) is 0 Å². The summed E-state index contributed by atoms with van der Waals surface area (Å²) < 4.78 is 0. The van der Waals surface area contributed by atoms with Crippen LogP contribution in [0.25, 0.3) is 22.3 Å². The number of nitrogens with zero attached hydrogens (tertiary/aromatic N) is 3. The van der Waals surface area contributed by atoms with E-state index in [9.17, 15) is 0 Å². The maximum Gasteiger partial charge on any atom is 0.0503 e. The third-order valence-electron chi connectivity index (χ3n) is 12.1. The summed E-state index contributed by atoms with van der Waals surface area (Å²) in [5.74, 6) is 0. The first kappa shape index (κ1) is 37.6. The summed E-state index contributed by atoms with van der Waals surface area (Å²) in [6, 6.07) is 83.3. The minimum absolute atomic E-state index is 0.175. The Labute approximate surface area is 360 Å². The molecule has 0 heterocycles. The van der Waals surface area contributed by atoms with Gasteiger partial charge in [0.05, 0.1) is 17.1 Å². The van der Waals surface area contributed by atoms with Gasteiger partial charge in [0.1, 0.15) is 0 Å². The molecule has 294 valence electrons. The Hall–Kier alpha value is -7.62. The Bertz CT molecular complexity index is 2760. The van der Waals surface area contributed by atoms with E-state index in [4.69, 9.17) is 0 Å². The molecule has 0 aromatic heterocycles. The number of hydrogen-bond acceptors (Lipinski definition) is 3. The molecule has 0 N–H and O–H groups in total. The Morgan fingerprint density at radius 2 is 0.689 bits per heavy atom. The van der Waals surface area contributed by atoms with Gasteiger partial charge in [0.15, 0.2) is 0 Å². The van der Waals surface area contributed by atoms with E-state index < -0.39 is 0 Å². The van der Waals surface area contributed by atoms with Gasteiger partial charge in [-0.3, -0.25) is 0 Å². The average molecular weight is 786 g/mol. The molecule has 0 atom stereocenters. The zero-order valence-electron chi connectivity index (χ0n) is 34.8. The molecular formula is C58H47N3. The van der Waals surface area contributed by atoms with Crippen molar-refractivity contribution in [3.63, 3.8) is 0 Å². The summed E-state index contributed by atoms with van der Waals surface area (Å²) in [4.78, 5) is 7.18. The van der Waals surface area contributed by atoms with Gasteiger partial charge in [-0.2, -0.15) is 0 Å². The number of fused-ring (bicyclic) bond motifs is 3. The number of hydrogen-bond donors (Lipinski definition) is 0. The SMILES string of the molecule is Cc1cccc2c1-c1ccc(N(c3cccc(-c4ccccc4)c3)c3cc(N(c4ccccc4)c4ccccc4)cc(N(c4ccccc4)c4ccccc4)c3)cc1C2(C)C. The standard InChI is InChI=1S/C58H47N3/c1-42-21-19-34-55-57(42)54-36-35-50(41-56(54)58(55,2)3)61(49-33-20-24-44(37-49)43-22-9-4-10-23-43)53-39-51(59(45-25-11-5-12-26-45)46-27-13-6-14-28-46)38-52(40-53)60(47-29-15-7-16-30-47)48-31-17-8-18-32-48/h4-41H,1-3H3. The quantitative estimate of drug-likeness (QED) is 0.137. The molecule has 0 amide bonds. The molecule has 1 aliphatic carbocycles. The van der Waals surface area contributed by atoms with E-state index in [2.05, 4.69) is 266 Å². The normalized spacial score (nSPS) is 12.3. The highest BCUT2D eigenvalue weighted by molar-refractivity contribution is 5.92. The van der Waals surface area contributed by atoms with E-state index >= 15 is 0 Å². The minimum atomic E-state index is -0.175. The van der Waals surface area contributed by atoms with E-state index in [-0.39, 0.29) is 5.41 Å². The topological polar surface area (TPSA) is 9.72 Å². The Morgan fingerprint density at radius 3 is 1.18 bits per heavy atom. The molecule has 0 radical (unpaired) electrons. The van der Waals surface area contributed by atoms with Crippen LogP contribution in [-0.4, -0.2) is 0 Å². The van der Waals surface area contributed by atoms with Crippen molar-refractivity contribution in [2.24, 2.45) is 0 Å². The highest BCUT2D eigenvalue weighted by Gasteiger charge is 2.37. The monoisotopic (exact) mass is 785 g/mol. The number of para-hydroxylation sites is 4. The van der Waals surface area contributed by atoms with Gasteiger partial charge < -0.3 is 14.7 Å². The van der Waals surface area contributed by atoms with Crippen molar-refractivity contribution in [3.8, 4) is 22.3 Å². The van der Waals surface area contributed by atoms with Crippen LogP contribution in [0.2, 0.25) is 0 Å². The molecule has 0 saturated heterocycles. The maximum atomic E-state index is 2.45. The predicted molar refractivity (Wildman–Crippen MR) is 258 cm³/mol. The molecule has 61 heavy (non-hydrogen) atoms. The second kappa shape index (κ2) is 15.9. The lowest BCUT2D eigenvalue weighted by Gasteiger charge is -2.33. The Morgan fingerprint density at radius 1 is 0.295 bits per heavy atom. The molecule has 0 bridgehead atoms. The van der Waals surface area contributed by atoms with Crippen LogP contribution in [0.3, 0.4) is 0 Å². The van der Waals surface area contributed by atoms with Crippen LogP contribution in [0.1, 0.15) is 30.5 Å². The summed E-state index contributed by atoms with van der Waals surface area (Å²) in [6.07, 6.45) is 0. The van der Waals surface area contributed by atoms with Crippen molar-refractivity contribution in [2.75, 3.05) is 14.7 Å². The average Bonchev–Trinajstić information content (AvgIpc) is 3.54. The lowest BCUT2D eigenvalue weighted by Crippen LogP contribution is -2.18. The fourth-order valence-electron chi connectivity index (χ4n) is 9.17. The summed E-state index contributed by atoms with van der Waals surface area (Å²) in [7, 11) is 0. The molecule has 1 aliphatic rings. The second-order valence-corrected chi connectivity index (χ2v) is 16.3. The molecule has 0 unspecified atom stereocenters. The van der Waals surface area contributed by atoms with Crippen LogP contribution in [0.5, 0.6) is 0 Å². The van der Waals surface area contributed by atoms with Crippen LogP contribution in [0.4, 0.5) is 51.2 Å². The van der Waals surface area contributed by atoms with E-state index in [1.807, 2.05) is 0 Å². The number of rotatable bonds is 10. The Kier molecular flexibility index (Phi) is 9.78.